The number of hydrogen-bond donors (Lipinski definition) is 2. The highest BCUT2D eigenvalue weighted by molar-refractivity contribution is 6.30. The molecule has 102 valence electrons. The Morgan fingerprint density at radius 2 is 2.00 bits per heavy atom. The molecule has 0 fully saturated rings. The van der Waals surface area contributed by atoms with E-state index >= 15 is 0 Å². The van der Waals surface area contributed by atoms with Crippen LogP contribution in [0.15, 0.2) is 24.3 Å². The van der Waals surface area contributed by atoms with Gasteiger partial charge in [0.2, 0.25) is 0 Å². The number of aliphatic hydroxyl groups is 1. The molecule has 0 bridgehead atoms. The molecule has 0 saturated heterocycles. The number of rotatable bonds is 9. The fourth-order valence-electron chi connectivity index (χ4n) is 2.09. The van der Waals surface area contributed by atoms with Crippen LogP contribution in [0.4, 0.5) is 0 Å². The van der Waals surface area contributed by atoms with Crippen LogP contribution in [-0.2, 0) is 0 Å². The Morgan fingerprint density at radius 3 is 2.67 bits per heavy atom. The van der Waals surface area contributed by atoms with Gasteiger partial charge < -0.3 is 10.4 Å². The average Bonchev–Trinajstić information content (AvgIpc) is 2.38. The first kappa shape index (κ1) is 15.5. The lowest BCUT2D eigenvalue weighted by Gasteiger charge is -2.17. The zero-order chi connectivity index (χ0) is 13.2. The van der Waals surface area contributed by atoms with E-state index in [9.17, 15) is 0 Å². The number of aliphatic hydroxyl groups excluding tert-OH is 1. The molecule has 0 aromatic heterocycles. The molecule has 1 aromatic rings. The SMILES string of the molecule is CCC(NCCCCCCO)c1cccc(Cl)c1. The topological polar surface area (TPSA) is 32.3 Å². The summed E-state index contributed by atoms with van der Waals surface area (Å²) in [5.41, 5.74) is 1.26. The van der Waals surface area contributed by atoms with Gasteiger partial charge in [0.15, 0.2) is 0 Å². The zero-order valence-corrected chi connectivity index (χ0v) is 11.9. The molecule has 1 rings (SSSR count). The molecule has 0 aliphatic carbocycles. The Morgan fingerprint density at radius 1 is 1.22 bits per heavy atom. The van der Waals surface area contributed by atoms with Gasteiger partial charge in [0.1, 0.15) is 0 Å². The summed E-state index contributed by atoms with van der Waals surface area (Å²) in [4.78, 5) is 0. The summed E-state index contributed by atoms with van der Waals surface area (Å²) in [5.74, 6) is 0. The number of nitrogens with one attached hydrogen (secondary N) is 1. The van der Waals surface area contributed by atoms with Crippen LogP contribution >= 0.6 is 11.6 Å². The van der Waals surface area contributed by atoms with Crippen molar-refractivity contribution in [2.24, 2.45) is 0 Å². The molecule has 3 heteroatoms. The van der Waals surface area contributed by atoms with Crippen molar-refractivity contribution in [3.63, 3.8) is 0 Å². The summed E-state index contributed by atoms with van der Waals surface area (Å²) >= 11 is 6.01. The van der Waals surface area contributed by atoms with Crippen molar-refractivity contribution in [3.8, 4) is 0 Å². The lowest BCUT2D eigenvalue weighted by molar-refractivity contribution is 0.282. The molecule has 0 radical (unpaired) electrons. The maximum Gasteiger partial charge on any atom is 0.0431 e. The Hall–Kier alpha value is -0.570. The van der Waals surface area contributed by atoms with Gasteiger partial charge in [-0.05, 0) is 43.5 Å². The van der Waals surface area contributed by atoms with Crippen LogP contribution in [0.3, 0.4) is 0 Å². The largest absolute Gasteiger partial charge is 0.396 e. The van der Waals surface area contributed by atoms with Gasteiger partial charge in [0, 0.05) is 17.7 Å². The van der Waals surface area contributed by atoms with E-state index in [2.05, 4.69) is 18.3 Å². The maximum absolute atomic E-state index is 8.70. The molecular formula is C15H24ClNO. The zero-order valence-electron chi connectivity index (χ0n) is 11.2. The third-order valence-corrected chi connectivity index (χ3v) is 3.37. The fraction of sp³-hybridized carbons (Fsp3) is 0.600. The van der Waals surface area contributed by atoms with Crippen LogP contribution in [0.2, 0.25) is 5.02 Å². The van der Waals surface area contributed by atoms with E-state index in [0.29, 0.717) is 12.6 Å². The molecule has 2 nitrogen and oxygen atoms in total. The third kappa shape index (κ3) is 5.85. The quantitative estimate of drug-likeness (QED) is 0.666. The summed E-state index contributed by atoms with van der Waals surface area (Å²) < 4.78 is 0. The molecule has 0 saturated carbocycles. The molecule has 0 heterocycles. The molecular weight excluding hydrogens is 246 g/mol. The van der Waals surface area contributed by atoms with Crippen LogP contribution in [0.25, 0.3) is 0 Å². The first-order valence-corrected chi connectivity index (χ1v) is 7.25. The Bertz CT molecular complexity index is 330. The van der Waals surface area contributed by atoms with Crippen molar-refractivity contribution >= 4 is 11.6 Å². The first-order chi connectivity index (χ1) is 8.77. The van der Waals surface area contributed by atoms with Gasteiger partial charge in [0.05, 0.1) is 0 Å². The minimum Gasteiger partial charge on any atom is -0.396 e. The molecule has 0 spiro atoms. The van der Waals surface area contributed by atoms with Crippen molar-refractivity contribution in [1.29, 1.82) is 0 Å². The van der Waals surface area contributed by atoms with Gasteiger partial charge in [-0.3, -0.25) is 0 Å². The summed E-state index contributed by atoms with van der Waals surface area (Å²) in [6.07, 6.45) is 5.45. The van der Waals surface area contributed by atoms with Crippen LogP contribution in [-0.4, -0.2) is 18.3 Å². The summed E-state index contributed by atoms with van der Waals surface area (Å²) in [6, 6.07) is 8.46. The van der Waals surface area contributed by atoms with Gasteiger partial charge in [-0.2, -0.15) is 0 Å². The van der Waals surface area contributed by atoms with Gasteiger partial charge in [-0.1, -0.05) is 43.5 Å². The van der Waals surface area contributed by atoms with Crippen molar-refractivity contribution in [1.82, 2.24) is 5.32 Å². The van der Waals surface area contributed by atoms with E-state index in [-0.39, 0.29) is 0 Å². The standard InChI is InChI=1S/C15H24ClNO/c1-2-15(13-8-7-9-14(16)12-13)17-10-5-3-4-6-11-18/h7-9,12,15,17-18H,2-6,10-11H2,1H3. The van der Waals surface area contributed by atoms with Crippen LogP contribution in [0.5, 0.6) is 0 Å². The van der Waals surface area contributed by atoms with Gasteiger partial charge in [-0.15, -0.1) is 0 Å². The third-order valence-electron chi connectivity index (χ3n) is 3.13. The van der Waals surface area contributed by atoms with Crippen LogP contribution in [0, 0.1) is 0 Å². The molecule has 0 aliphatic heterocycles. The summed E-state index contributed by atoms with van der Waals surface area (Å²) in [6.45, 7) is 3.52. The molecule has 18 heavy (non-hydrogen) atoms. The number of halogens is 1. The van der Waals surface area contributed by atoms with Gasteiger partial charge >= 0.3 is 0 Å². The van der Waals surface area contributed by atoms with E-state index in [1.165, 1.54) is 12.0 Å². The smallest absolute Gasteiger partial charge is 0.0431 e. The van der Waals surface area contributed by atoms with Crippen LogP contribution in [0.1, 0.15) is 50.6 Å². The van der Waals surface area contributed by atoms with E-state index in [0.717, 1.165) is 37.3 Å². The van der Waals surface area contributed by atoms with Crippen molar-refractivity contribution in [3.05, 3.63) is 34.9 Å². The Kier molecular flexibility index (Phi) is 8.06. The van der Waals surface area contributed by atoms with Gasteiger partial charge in [-0.25, -0.2) is 0 Å². The summed E-state index contributed by atoms with van der Waals surface area (Å²) in [7, 11) is 0. The number of benzene rings is 1. The second-order valence-corrected chi connectivity index (χ2v) is 5.04. The molecule has 1 atom stereocenters. The van der Waals surface area contributed by atoms with Crippen molar-refractivity contribution in [2.45, 2.75) is 45.1 Å². The maximum atomic E-state index is 8.70. The number of hydrogen-bond acceptors (Lipinski definition) is 2. The van der Waals surface area contributed by atoms with E-state index in [4.69, 9.17) is 16.7 Å². The Balaban J connectivity index is 2.29. The van der Waals surface area contributed by atoms with Crippen molar-refractivity contribution in [2.75, 3.05) is 13.2 Å². The fourth-order valence-corrected chi connectivity index (χ4v) is 2.29. The molecule has 1 unspecified atom stereocenters. The van der Waals surface area contributed by atoms with Crippen LogP contribution < -0.4 is 5.32 Å². The highest BCUT2D eigenvalue weighted by Gasteiger charge is 2.08. The molecule has 2 N–H and O–H groups in total. The Labute approximate surface area is 115 Å². The average molecular weight is 270 g/mol. The minimum absolute atomic E-state index is 0.313. The predicted molar refractivity (Wildman–Crippen MR) is 78.0 cm³/mol. The molecule has 0 amide bonds. The second-order valence-electron chi connectivity index (χ2n) is 4.61. The van der Waals surface area contributed by atoms with Gasteiger partial charge in [0.25, 0.3) is 0 Å². The highest BCUT2D eigenvalue weighted by Crippen LogP contribution is 2.20. The lowest BCUT2D eigenvalue weighted by Crippen LogP contribution is -2.21. The minimum atomic E-state index is 0.313. The van der Waals surface area contributed by atoms with E-state index in [1.54, 1.807) is 0 Å². The highest BCUT2D eigenvalue weighted by atomic mass is 35.5. The van der Waals surface area contributed by atoms with E-state index in [1.807, 2.05) is 18.2 Å². The normalized spacial score (nSPS) is 12.6. The summed E-state index contributed by atoms with van der Waals surface area (Å²) in [5, 5.41) is 13.1. The van der Waals surface area contributed by atoms with E-state index < -0.39 is 0 Å². The predicted octanol–water partition coefficient (Wildman–Crippen LogP) is 3.93. The first-order valence-electron chi connectivity index (χ1n) is 6.87. The monoisotopic (exact) mass is 269 g/mol. The van der Waals surface area contributed by atoms with Crippen molar-refractivity contribution < 1.29 is 5.11 Å². The molecule has 0 aliphatic rings. The lowest BCUT2D eigenvalue weighted by atomic mass is 10.0. The second kappa shape index (κ2) is 9.37. The number of unbranched alkanes of at least 4 members (excludes halogenated alkanes) is 3. The molecule has 1 aromatic carbocycles.